The molecule has 1 amide bonds. The van der Waals surface area contributed by atoms with Crippen LogP contribution >= 0.6 is 0 Å². The van der Waals surface area contributed by atoms with Crippen molar-refractivity contribution in [1.29, 1.82) is 0 Å². The quantitative estimate of drug-likeness (QED) is 0.555. The first-order valence-electron chi connectivity index (χ1n) is 9.48. The van der Waals surface area contributed by atoms with Crippen LogP contribution in [0.2, 0.25) is 0 Å². The van der Waals surface area contributed by atoms with Gasteiger partial charge in [0.15, 0.2) is 5.69 Å². The lowest BCUT2D eigenvalue weighted by Crippen LogP contribution is -2.49. The summed E-state index contributed by atoms with van der Waals surface area (Å²) in [6.45, 7) is -0.101. The van der Waals surface area contributed by atoms with E-state index in [1.807, 2.05) is 0 Å². The maximum absolute atomic E-state index is 13.4. The molecule has 168 valence electrons. The van der Waals surface area contributed by atoms with E-state index >= 15 is 0 Å². The van der Waals surface area contributed by atoms with Gasteiger partial charge in [-0.3, -0.25) is 14.0 Å². The van der Waals surface area contributed by atoms with Crippen molar-refractivity contribution in [3.8, 4) is 11.1 Å². The molecule has 3 aromatic rings. The van der Waals surface area contributed by atoms with E-state index in [0.29, 0.717) is 5.56 Å². The van der Waals surface area contributed by atoms with Crippen LogP contribution in [0.25, 0.3) is 16.8 Å². The van der Waals surface area contributed by atoms with Crippen molar-refractivity contribution in [2.24, 2.45) is 0 Å². The number of halogens is 5. The van der Waals surface area contributed by atoms with Gasteiger partial charge in [0.2, 0.25) is 0 Å². The van der Waals surface area contributed by atoms with E-state index < -0.39 is 41.6 Å². The van der Waals surface area contributed by atoms with Gasteiger partial charge in [0, 0.05) is 29.4 Å². The second-order valence-corrected chi connectivity index (χ2v) is 7.29. The van der Waals surface area contributed by atoms with E-state index in [-0.39, 0.29) is 29.9 Å². The molecule has 6 nitrogen and oxygen atoms in total. The van der Waals surface area contributed by atoms with Crippen LogP contribution in [0.3, 0.4) is 0 Å². The number of hydrogen-bond acceptors (Lipinski definition) is 4. The maximum atomic E-state index is 13.4. The number of amides is 1. The number of nitrogens with zero attached hydrogens (tertiary/aromatic N) is 3. The van der Waals surface area contributed by atoms with Gasteiger partial charge < -0.3 is 9.64 Å². The van der Waals surface area contributed by atoms with Crippen LogP contribution < -0.4 is 5.56 Å². The molecule has 1 fully saturated rings. The summed E-state index contributed by atoms with van der Waals surface area (Å²) in [6.07, 6.45) is -6.91. The number of pyridine rings is 1. The van der Waals surface area contributed by atoms with E-state index in [0.717, 1.165) is 16.2 Å². The summed E-state index contributed by atoms with van der Waals surface area (Å²) < 4.78 is 72.2. The molecule has 2 aromatic heterocycles. The predicted molar refractivity (Wildman–Crippen MR) is 103 cm³/mol. The Morgan fingerprint density at radius 2 is 1.84 bits per heavy atom. The monoisotopic (exact) mass is 453 g/mol. The Balaban J connectivity index is 1.73. The van der Waals surface area contributed by atoms with E-state index in [4.69, 9.17) is 0 Å². The number of ether oxygens (including phenoxy) is 1. The SMILES string of the molecule is Cc1c(C(F)(F)F)nc2c(-c3ccc(C(=O)N4CCOC(F)(F)C4)cc3)cccn2c1=O. The summed E-state index contributed by atoms with van der Waals surface area (Å²) in [6, 6.07) is 8.67. The summed E-state index contributed by atoms with van der Waals surface area (Å²) in [7, 11) is 0. The van der Waals surface area contributed by atoms with Gasteiger partial charge in [-0.25, -0.2) is 4.98 Å². The topological polar surface area (TPSA) is 63.9 Å². The minimum Gasteiger partial charge on any atom is -0.328 e. The van der Waals surface area contributed by atoms with Crippen molar-refractivity contribution in [2.75, 3.05) is 19.7 Å². The number of rotatable bonds is 2. The van der Waals surface area contributed by atoms with Crippen LogP contribution in [0.4, 0.5) is 22.0 Å². The van der Waals surface area contributed by atoms with Crippen molar-refractivity contribution in [3.63, 3.8) is 0 Å². The second kappa shape index (κ2) is 7.66. The van der Waals surface area contributed by atoms with Gasteiger partial charge in [-0.2, -0.15) is 22.0 Å². The molecule has 0 saturated carbocycles. The highest BCUT2D eigenvalue weighted by molar-refractivity contribution is 5.95. The van der Waals surface area contributed by atoms with Gasteiger partial charge >= 0.3 is 12.3 Å². The number of fused-ring (bicyclic) bond motifs is 1. The standard InChI is InChI=1S/C21H16F5N3O3/c1-12-16(21(24,25)26)27-17-15(3-2-8-29(17)18(12)30)13-4-6-14(7-5-13)19(31)28-9-10-32-20(22,23)11-28/h2-8H,9-11H2,1H3. The van der Waals surface area contributed by atoms with Crippen LogP contribution in [-0.4, -0.2) is 46.0 Å². The molecular weight excluding hydrogens is 437 g/mol. The molecule has 0 radical (unpaired) electrons. The number of alkyl halides is 5. The number of hydrogen-bond donors (Lipinski definition) is 0. The number of carbonyl (C=O) groups excluding carboxylic acids is 1. The van der Waals surface area contributed by atoms with Crippen molar-refractivity contribution in [1.82, 2.24) is 14.3 Å². The number of morpholine rings is 1. The highest BCUT2D eigenvalue weighted by atomic mass is 19.4. The fraction of sp³-hybridized carbons (Fsp3) is 0.286. The van der Waals surface area contributed by atoms with Crippen LogP contribution in [0.15, 0.2) is 47.4 Å². The first-order valence-corrected chi connectivity index (χ1v) is 9.48. The second-order valence-electron chi connectivity index (χ2n) is 7.29. The minimum atomic E-state index is -4.80. The molecule has 11 heteroatoms. The Morgan fingerprint density at radius 3 is 2.47 bits per heavy atom. The van der Waals surface area contributed by atoms with Gasteiger partial charge in [0.05, 0.1) is 6.61 Å². The van der Waals surface area contributed by atoms with Gasteiger partial charge in [0.1, 0.15) is 12.2 Å². The first-order chi connectivity index (χ1) is 15.0. The van der Waals surface area contributed by atoms with Gasteiger partial charge in [-0.1, -0.05) is 12.1 Å². The Hall–Kier alpha value is -3.34. The van der Waals surface area contributed by atoms with Gasteiger partial charge in [0.25, 0.3) is 11.5 Å². The molecule has 0 aliphatic carbocycles. The average molecular weight is 453 g/mol. The van der Waals surface area contributed by atoms with Gasteiger partial charge in [-0.05, 0) is 36.8 Å². The molecule has 0 atom stereocenters. The smallest absolute Gasteiger partial charge is 0.328 e. The zero-order valence-electron chi connectivity index (χ0n) is 16.6. The summed E-state index contributed by atoms with van der Waals surface area (Å²) in [5, 5.41) is 0. The first kappa shape index (κ1) is 21.9. The van der Waals surface area contributed by atoms with Crippen LogP contribution in [0.1, 0.15) is 21.6 Å². The summed E-state index contributed by atoms with van der Waals surface area (Å²) in [4.78, 5) is 29.7. The van der Waals surface area contributed by atoms with Crippen molar-refractivity contribution in [2.45, 2.75) is 19.2 Å². The lowest BCUT2D eigenvalue weighted by molar-refractivity contribution is -0.263. The zero-order valence-corrected chi connectivity index (χ0v) is 16.6. The Bertz CT molecular complexity index is 1250. The Morgan fingerprint density at radius 1 is 1.16 bits per heavy atom. The highest BCUT2D eigenvalue weighted by Gasteiger charge is 2.39. The van der Waals surface area contributed by atoms with Crippen molar-refractivity contribution in [3.05, 3.63) is 69.8 Å². The fourth-order valence-corrected chi connectivity index (χ4v) is 3.55. The average Bonchev–Trinajstić information content (AvgIpc) is 2.74. The fourth-order valence-electron chi connectivity index (χ4n) is 3.55. The molecule has 1 aliphatic rings. The number of carbonyl (C=O) groups is 1. The summed E-state index contributed by atoms with van der Waals surface area (Å²) in [5.41, 5.74) is -2.05. The largest absolute Gasteiger partial charge is 0.433 e. The lowest BCUT2D eigenvalue weighted by Gasteiger charge is -2.32. The molecule has 32 heavy (non-hydrogen) atoms. The maximum Gasteiger partial charge on any atom is 0.433 e. The van der Waals surface area contributed by atoms with E-state index in [1.54, 1.807) is 0 Å². The molecule has 0 spiro atoms. The molecule has 0 bridgehead atoms. The molecule has 0 unspecified atom stereocenters. The van der Waals surface area contributed by atoms with Crippen molar-refractivity contribution >= 4 is 11.6 Å². The third-order valence-corrected chi connectivity index (χ3v) is 5.13. The summed E-state index contributed by atoms with van der Waals surface area (Å²) in [5.74, 6) is -0.623. The molecule has 3 heterocycles. The normalized spacial score (nSPS) is 16.4. The van der Waals surface area contributed by atoms with Crippen LogP contribution in [0.5, 0.6) is 0 Å². The summed E-state index contributed by atoms with van der Waals surface area (Å²) >= 11 is 0. The predicted octanol–water partition coefficient (Wildman–Crippen LogP) is 3.75. The molecular formula is C21H16F5N3O3. The molecule has 1 aliphatic heterocycles. The third-order valence-electron chi connectivity index (χ3n) is 5.13. The molecule has 1 saturated heterocycles. The number of benzene rings is 1. The highest BCUT2D eigenvalue weighted by Crippen LogP contribution is 2.31. The Kier molecular flexibility index (Phi) is 5.24. The Labute approximate surface area is 177 Å². The number of aromatic nitrogens is 2. The van der Waals surface area contributed by atoms with E-state index in [1.165, 1.54) is 42.6 Å². The molecule has 1 aromatic carbocycles. The zero-order chi connectivity index (χ0) is 23.3. The van der Waals surface area contributed by atoms with E-state index in [2.05, 4.69) is 9.72 Å². The minimum absolute atomic E-state index is 0.00586. The van der Waals surface area contributed by atoms with E-state index in [9.17, 15) is 31.5 Å². The third kappa shape index (κ3) is 3.95. The van der Waals surface area contributed by atoms with Crippen LogP contribution in [0, 0.1) is 6.92 Å². The van der Waals surface area contributed by atoms with Crippen LogP contribution in [-0.2, 0) is 10.9 Å². The van der Waals surface area contributed by atoms with Crippen molar-refractivity contribution < 1.29 is 31.5 Å². The molecule has 4 rings (SSSR count). The lowest BCUT2D eigenvalue weighted by atomic mass is 10.0. The van der Waals surface area contributed by atoms with Gasteiger partial charge in [-0.15, -0.1) is 0 Å². The molecule has 0 N–H and O–H groups in total.